The summed E-state index contributed by atoms with van der Waals surface area (Å²) in [4.78, 5) is 12.7. The number of benzene rings is 3. The minimum atomic E-state index is -4.76. The molecule has 3 aromatic rings. The van der Waals surface area contributed by atoms with Crippen LogP contribution in [-0.2, 0) is 37.4 Å². The number of nitrogens with one attached hydrogen (secondary N) is 2. The Kier molecular flexibility index (Phi) is 9.86. The van der Waals surface area contributed by atoms with Gasteiger partial charge in [0.2, 0.25) is 15.9 Å². The monoisotopic (exact) mass is 643 g/mol. The van der Waals surface area contributed by atoms with Gasteiger partial charge in [-0.3, -0.25) is 9.52 Å². The Hall–Kier alpha value is -3.13. The molecule has 1 fully saturated rings. The first-order chi connectivity index (χ1) is 19.7. The third-order valence-electron chi connectivity index (χ3n) is 6.82. The number of piperidine rings is 1. The topological polar surface area (TPSA) is 113 Å². The molecule has 8 nitrogen and oxygen atoms in total. The number of nitrogens with zero attached hydrogens (tertiary/aromatic N) is 1. The van der Waals surface area contributed by atoms with Gasteiger partial charge in [0, 0.05) is 24.5 Å². The predicted octanol–water partition coefficient (Wildman–Crippen LogP) is 5.77. The van der Waals surface area contributed by atoms with Crippen molar-refractivity contribution in [1.29, 1.82) is 0 Å². The zero-order chi connectivity index (χ0) is 30.5. The van der Waals surface area contributed by atoms with E-state index in [1.54, 1.807) is 0 Å². The van der Waals surface area contributed by atoms with Crippen molar-refractivity contribution in [1.82, 2.24) is 4.31 Å². The van der Waals surface area contributed by atoms with E-state index in [2.05, 4.69) is 10.0 Å². The maximum atomic E-state index is 13.1. The summed E-state index contributed by atoms with van der Waals surface area (Å²) in [6.07, 6.45) is -2.64. The normalized spacial score (nSPS) is 16.6. The summed E-state index contributed by atoms with van der Waals surface area (Å²) >= 11 is 5.59. The molecule has 0 bridgehead atoms. The fourth-order valence-electron chi connectivity index (χ4n) is 4.62. The second-order valence-electron chi connectivity index (χ2n) is 9.91. The van der Waals surface area contributed by atoms with Crippen molar-refractivity contribution >= 4 is 48.9 Å². The van der Waals surface area contributed by atoms with E-state index in [4.69, 9.17) is 11.6 Å². The van der Waals surface area contributed by atoms with E-state index >= 15 is 0 Å². The third-order valence-corrected chi connectivity index (χ3v) is 10.5. The molecule has 0 saturated carbocycles. The standard InChI is InChI=1S/C28H29ClF3N3O5S2/c29-26-15-12-23(18-25(26)28(30,31)32)34-42(39,40)24-13-10-22(11-14-24)33-27(36)21-9-4-16-35(19-21)41(37,38)17-5-8-20-6-2-1-3-7-20/h1-3,6-7,10-15,18,21,34H,4-5,8-9,16-17,19H2,(H,33,36)/t21-/m1/s1. The van der Waals surface area contributed by atoms with Crippen LogP contribution in [0.3, 0.4) is 0 Å². The molecule has 14 heteroatoms. The Morgan fingerprint density at radius 3 is 2.29 bits per heavy atom. The fraction of sp³-hybridized carbons (Fsp3) is 0.321. The fourth-order valence-corrected chi connectivity index (χ4v) is 7.48. The molecule has 0 aromatic heterocycles. The molecule has 1 atom stereocenters. The number of alkyl halides is 3. The zero-order valence-electron chi connectivity index (χ0n) is 22.3. The van der Waals surface area contributed by atoms with Crippen molar-refractivity contribution in [3.63, 3.8) is 0 Å². The molecule has 0 spiro atoms. The predicted molar refractivity (Wildman–Crippen MR) is 155 cm³/mol. The lowest BCUT2D eigenvalue weighted by Gasteiger charge is -2.31. The van der Waals surface area contributed by atoms with Gasteiger partial charge in [-0.2, -0.15) is 13.2 Å². The van der Waals surface area contributed by atoms with E-state index in [0.29, 0.717) is 38.3 Å². The molecule has 0 unspecified atom stereocenters. The van der Waals surface area contributed by atoms with Crippen LogP contribution in [-0.4, -0.2) is 45.9 Å². The molecule has 1 amide bonds. The minimum Gasteiger partial charge on any atom is -0.326 e. The van der Waals surface area contributed by atoms with Crippen molar-refractivity contribution in [3.05, 3.63) is 88.9 Å². The van der Waals surface area contributed by atoms with Gasteiger partial charge in [0.1, 0.15) is 0 Å². The average molecular weight is 644 g/mol. The number of aryl methyl sites for hydroxylation is 1. The first-order valence-electron chi connectivity index (χ1n) is 13.1. The molecule has 4 rings (SSSR count). The van der Waals surface area contributed by atoms with Crippen LogP contribution in [0.25, 0.3) is 0 Å². The summed E-state index contributed by atoms with van der Waals surface area (Å²) < 4.78 is 94.1. The average Bonchev–Trinajstić information content (AvgIpc) is 2.94. The number of rotatable bonds is 10. The first-order valence-corrected chi connectivity index (χ1v) is 16.5. The molecule has 1 aliphatic heterocycles. The van der Waals surface area contributed by atoms with Crippen molar-refractivity contribution in [2.75, 3.05) is 28.9 Å². The Morgan fingerprint density at radius 2 is 1.62 bits per heavy atom. The molecule has 2 N–H and O–H groups in total. The largest absolute Gasteiger partial charge is 0.417 e. The molecule has 226 valence electrons. The molecule has 3 aromatic carbocycles. The van der Waals surface area contributed by atoms with Gasteiger partial charge in [-0.05, 0) is 73.7 Å². The Bertz CT molecular complexity index is 1620. The van der Waals surface area contributed by atoms with Crippen molar-refractivity contribution in [2.24, 2.45) is 5.92 Å². The highest BCUT2D eigenvalue weighted by atomic mass is 35.5. The van der Waals surface area contributed by atoms with Crippen LogP contribution in [0.15, 0.2) is 77.7 Å². The maximum Gasteiger partial charge on any atom is 0.417 e. The summed E-state index contributed by atoms with van der Waals surface area (Å²) in [5.74, 6) is -0.998. The molecule has 1 saturated heterocycles. The Balaban J connectivity index is 1.34. The Labute approximate surface area is 248 Å². The van der Waals surface area contributed by atoms with E-state index < -0.39 is 48.6 Å². The molecule has 0 aliphatic carbocycles. The molecule has 0 radical (unpaired) electrons. The van der Waals surface area contributed by atoms with Crippen molar-refractivity contribution < 1.29 is 34.8 Å². The van der Waals surface area contributed by atoms with Gasteiger partial charge in [-0.15, -0.1) is 0 Å². The number of halogens is 4. The number of carbonyl (C=O) groups excluding carboxylic acids is 1. The van der Waals surface area contributed by atoms with E-state index in [1.807, 2.05) is 30.3 Å². The van der Waals surface area contributed by atoms with Crippen LogP contribution in [0.1, 0.15) is 30.4 Å². The van der Waals surface area contributed by atoms with Crippen LogP contribution < -0.4 is 10.0 Å². The lowest BCUT2D eigenvalue weighted by molar-refractivity contribution is -0.137. The number of carbonyl (C=O) groups is 1. The van der Waals surface area contributed by atoms with Gasteiger partial charge in [0.25, 0.3) is 10.0 Å². The van der Waals surface area contributed by atoms with Gasteiger partial charge in [0.15, 0.2) is 0 Å². The summed E-state index contributed by atoms with van der Waals surface area (Å²) in [5, 5.41) is 2.13. The molecule has 1 heterocycles. The van der Waals surface area contributed by atoms with E-state index in [0.717, 1.165) is 17.7 Å². The summed E-state index contributed by atoms with van der Waals surface area (Å²) in [6, 6.07) is 17.3. The van der Waals surface area contributed by atoms with Gasteiger partial charge in [-0.25, -0.2) is 21.1 Å². The number of hydrogen-bond donors (Lipinski definition) is 2. The lowest BCUT2D eigenvalue weighted by atomic mass is 9.99. The highest BCUT2D eigenvalue weighted by Gasteiger charge is 2.34. The molecule has 42 heavy (non-hydrogen) atoms. The first kappa shape index (κ1) is 31.8. The number of amides is 1. The summed E-state index contributed by atoms with van der Waals surface area (Å²) in [6.45, 7) is 0.395. The van der Waals surface area contributed by atoms with Crippen LogP contribution in [0.4, 0.5) is 24.5 Å². The van der Waals surface area contributed by atoms with Gasteiger partial charge in [-0.1, -0.05) is 41.9 Å². The van der Waals surface area contributed by atoms with Crippen LogP contribution in [0, 0.1) is 5.92 Å². The lowest BCUT2D eigenvalue weighted by Crippen LogP contribution is -2.44. The quantitative estimate of drug-likeness (QED) is 0.291. The second-order valence-corrected chi connectivity index (χ2v) is 14.1. The van der Waals surface area contributed by atoms with Crippen LogP contribution >= 0.6 is 11.6 Å². The van der Waals surface area contributed by atoms with E-state index in [9.17, 15) is 34.8 Å². The van der Waals surface area contributed by atoms with Gasteiger partial charge in [0.05, 0.1) is 27.2 Å². The highest BCUT2D eigenvalue weighted by Crippen LogP contribution is 2.36. The van der Waals surface area contributed by atoms with Gasteiger partial charge >= 0.3 is 6.18 Å². The smallest absolute Gasteiger partial charge is 0.326 e. The maximum absolute atomic E-state index is 13.1. The highest BCUT2D eigenvalue weighted by molar-refractivity contribution is 7.92. The Morgan fingerprint density at radius 1 is 0.952 bits per heavy atom. The summed E-state index contributed by atoms with van der Waals surface area (Å²) in [7, 11) is -7.79. The number of anilines is 2. The van der Waals surface area contributed by atoms with E-state index in [-0.39, 0.29) is 28.6 Å². The number of hydrogen-bond acceptors (Lipinski definition) is 5. The molecular formula is C28H29ClF3N3O5S2. The number of sulfonamides is 2. The SMILES string of the molecule is O=C(Nc1ccc(S(=O)(=O)Nc2ccc(Cl)c(C(F)(F)F)c2)cc1)[C@@H]1CCCN(S(=O)(=O)CCCc2ccccc2)C1. The van der Waals surface area contributed by atoms with Crippen LogP contribution in [0.2, 0.25) is 5.02 Å². The molecular weight excluding hydrogens is 615 g/mol. The second kappa shape index (κ2) is 13.0. The van der Waals surface area contributed by atoms with Crippen molar-refractivity contribution in [2.45, 2.75) is 36.8 Å². The molecule has 1 aliphatic rings. The third kappa shape index (κ3) is 8.24. The van der Waals surface area contributed by atoms with Gasteiger partial charge < -0.3 is 5.32 Å². The minimum absolute atomic E-state index is 0.0201. The van der Waals surface area contributed by atoms with Crippen molar-refractivity contribution in [3.8, 4) is 0 Å². The van der Waals surface area contributed by atoms with E-state index in [1.165, 1.54) is 28.6 Å². The zero-order valence-corrected chi connectivity index (χ0v) is 24.7. The summed E-state index contributed by atoms with van der Waals surface area (Å²) in [5.41, 5.74) is -0.156. The van der Waals surface area contributed by atoms with Crippen LogP contribution in [0.5, 0.6) is 0 Å².